The normalized spacial score (nSPS) is 11.3. The van der Waals surface area contributed by atoms with Crippen LogP contribution >= 0.6 is 0 Å². The van der Waals surface area contributed by atoms with E-state index in [1.54, 1.807) is 6.92 Å². The molecule has 0 radical (unpaired) electrons. The van der Waals surface area contributed by atoms with Crippen LogP contribution in [-0.4, -0.2) is 22.0 Å². The standard InChI is InChI=1S/C16H10F4N4O4/c1-7-4-11(24-28-7)13(25)23-15-22-12(6-27-15)14(26)21-8-2-3-10(17)9(5-8)16(18,19)20/h2-6H,1H3,(H,21,26)(H,22,23,25). The summed E-state index contributed by atoms with van der Waals surface area (Å²) in [6.45, 7) is 1.58. The molecule has 8 nitrogen and oxygen atoms in total. The average Bonchev–Trinajstić information content (AvgIpc) is 3.24. The lowest BCUT2D eigenvalue weighted by Crippen LogP contribution is -2.15. The molecule has 0 saturated carbocycles. The van der Waals surface area contributed by atoms with Gasteiger partial charge in [-0.25, -0.2) is 4.39 Å². The van der Waals surface area contributed by atoms with Crippen LogP contribution in [0.15, 0.2) is 39.5 Å². The lowest BCUT2D eigenvalue weighted by atomic mass is 10.2. The zero-order valence-corrected chi connectivity index (χ0v) is 13.9. The quantitative estimate of drug-likeness (QED) is 0.650. The summed E-state index contributed by atoms with van der Waals surface area (Å²) in [7, 11) is 0. The predicted octanol–water partition coefficient (Wildman–Crippen LogP) is 3.63. The third kappa shape index (κ3) is 4.16. The fraction of sp³-hybridized carbons (Fsp3) is 0.125. The summed E-state index contributed by atoms with van der Waals surface area (Å²) in [4.78, 5) is 27.7. The second kappa shape index (κ2) is 7.13. The van der Waals surface area contributed by atoms with E-state index in [0.29, 0.717) is 17.9 Å². The molecule has 0 aliphatic heterocycles. The summed E-state index contributed by atoms with van der Waals surface area (Å²) < 4.78 is 61.1. The number of alkyl halides is 3. The van der Waals surface area contributed by atoms with Crippen LogP contribution in [0.1, 0.15) is 32.3 Å². The molecule has 2 aromatic heterocycles. The first-order chi connectivity index (χ1) is 13.1. The van der Waals surface area contributed by atoms with E-state index in [1.807, 2.05) is 0 Å². The Morgan fingerprint density at radius 2 is 1.79 bits per heavy atom. The fourth-order valence-corrected chi connectivity index (χ4v) is 2.09. The van der Waals surface area contributed by atoms with Crippen molar-refractivity contribution < 1.29 is 36.1 Å². The van der Waals surface area contributed by atoms with Crippen LogP contribution in [0.5, 0.6) is 0 Å². The third-order valence-corrected chi connectivity index (χ3v) is 3.35. The molecule has 0 aliphatic carbocycles. The van der Waals surface area contributed by atoms with Crippen molar-refractivity contribution in [2.45, 2.75) is 13.1 Å². The first kappa shape index (κ1) is 19.1. The zero-order chi connectivity index (χ0) is 20.5. The van der Waals surface area contributed by atoms with E-state index < -0.39 is 29.4 Å². The van der Waals surface area contributed by atoms with Crippen LogP contribution in [-0.2, 0) is 6.18 Å². The van der Waals surface area contributed by atoms with E-state index in [1.165, 1.54) is 6.07 Å². The number of nitrogens with one attached hydrogen (secondary N) is 2. The monoisotopic (exact) mass is 398 g/mol. The first-order valence-corrected chi connectivity index (χ1v) is 7.52. The van der Waals surface area contributed by atoms with Crippen molar-refractivity contribution in [1.82, 2.24) is 10.1 Å². The van der Waals surface area contributed by atoms with Gasteiger partial charge in [-0.05, 0) is 25.1 Å². The number of anilines is 2. The van der Waals surface area contributed by atoms with Crippen LogP contribution in [0.25, 0.3) is 0 Å². The van der Waals surface area contributed by atoms with Crippen molar-refractivity contribution in [1.29, 1.82) is 0 Å². The number of hydrogen-bond donors (Lipinski definition) is 2. The van der Waals surface area contributed by atoms with Crippen molar-refractivity contribution >= 4 is 23.5 Å². The molecule has 28 heavy (non-hydrogen) atoms. The molecule has 0 bridgehead atoms. The summed E-state index contributed by atoms with van der Waals surface area (Å²) in [5.41, 5.74) is -2.20. The fourth-order valence-electron chi connectivity index (χ4n) is 2.09. The number of hydrogen-bond acceptors (Lipinski definition) is 6. The molecule has 12 heteroatoms. The average molecular weight is 398 g/mol. The molecular formula is C16H10F4N4O4. The van der Waals surface area contributed by atoms with Gasteiger partial charge in [0.15, 0.2) is 11.4 Å². The highest BCUT2D eigenvalue weighted by atomic mass is 19.4. The summed E-state index contributed by atoms with van der Waals surface area (Å²) in [6, 6.07) is 3.00. The number of aryl methyl sites for hydroxylation is 1. The van der Waals surface area contributed by atoms with Crippen molar-refractivity contribution in [3.8, 4) is 0 Å². The maximum atomic E-state index is 13.3. The highest BCUT2D eigenvalue weighted by molar-refractivity contribution is 6.04. The Morgan fingerprint density at radius 1 is 1.07 bits per heavy atom. The van der Waals surface area contributed by atoms with Crippen LogP contribution in [0.4, 0.5) is 29.3 Å². The second-order valence-corrected chi connectivity index (χ2v) is 5.46. The van der Waals surface area contributed by atoms with Gasteiger partial charge in [0, 0.05) is 11.8 Å². The molecule has 1 aromatic carbocycles. The largest absolute Gasteiger partial charge is 0.431 e. The van der Waals surface area contributed by atoms with Gasteiger partial charge in [0.25, 0.3) is 11.8 Å². The van der Waals surface area contributed by atoms with Gasteiger partial charge in [-0.2, -0.15) is 18.2 Å². The molecule has 0 spiro atoms. The second-order valence-electron chi connectivity index (χ2n) is 5.46. The number of halogens is 4. The SMILES string of the molecule is Cc1cc(C(=O)Nc2nc(C(=O)Nc3ccc(F)c(C(F)(F)F)c3)co2)no1. The minimum absolute atomic E-state index is 0.0484. The lowest BCUT2D eigenvalue weighted by molar-refractivity contribution is -0.139. The summed E-state index contributed by atoms with van der Waals surface area (Å²) in [5.74, 6) is -2.71. The van der Waals surface area contributed by atoms with E-state index in [9.17, 15) is 27.2 Å². The van der Waals surface area contributed by atoms with Crippen molar-refractivity contribution in [3.63, 3.8) is 0 Å². The van der Waals surface area contributed by atoms with E-state index in [0.717, 1.165) is 12.3 Å². The number of amides is 2. The highest BCUT2D eigenvalue weighted by Gasteiger charge is 2.34. The molecule has 0 saturated heterocycles. The van der Waals surface area contributed by atoms with Gasteiger partial charge in [0.2, 0.25) is 0 Å². The molecule has 3 aromatic rings. The Labute approximate surface area is 153 Å². The van der Waals surface area contributed by atoms with Gasteiger partial charge in [-0.1, -0.05) is 5.16 Å². The molecular weight excluding hydrogens is 388 g/mol. The highest BCUT2D eigenvalue weighted by Crippen LogP contribution is 2.33. The van der Waals surface area contributed by atoms with Crippen molar-refractivity contribution in [2.24, 2.45) is 0 Å². The molecule has 0 atom stereocenters. The van der Waals surface area contributed by atoms with Gasteiger partial charge < -0.3 is 14.3 Å². The summed E-state index contributed by atoms with van der Waals surface area (Å²) in [5, 5.41) is 7.85. The van der Waals surface area contributed by atoms with Gasteiger partial charge in [-0.15, -0.1) is 0 Å². The number of benzene rings is 1. The molecule has 0 fully saturated rings. The van der Waals surface area contributed by atoms with E-state index >= 15 is 0 Å². The van der Waals surface area contributed by atoms with E-state index in [-0.39, 0.29) is 23.1 Å². The molecule has 3 rings (SSSR count). The van der Waals surface area contributed by atoms with E-state index in [2.05, 4.69) is 20.8 Å². The number of oxazole rings is 1. The Bertz CT molecular complexity index is 1040. The number of aromatic nitrogens is 2. The predicted molar refractivity (Wildman–Crippen MR) is 85.1 cm³/mol. The van der Waals surface area contributed by atoms with Crippen LogP contribution < -0.4 is 10.6 Å². The summed E-state index contributed by atoms with van der Waals surface area (Å²) in [6.07, 6.45) is -4.04. The van der Waals surface area contributed by atoms with E-state index in [4.69, 9.17) is 8.94 Å². The van der Waals surface area contributed by atoms with Gasteiger partial charge >= 0.3 is 12.2 Å². The molecule has 2 heterocycles. The zero-order valence-electron chi connectivity index (χ0n) is 13.9. The number of nitrogens with zero attached hydrogens (tertiary/aromatic N) is 2. The van der Waals surface area contributed by atoms with Crippen molar-refractivity contribution in [3.05, 3.63) is 59.1 Å². The lowest BCUT2D eigenvalue weighted by Gasteiger charge is -2.10. The Hall–Kier alpha value is -3.70. The van der Waals surface area contributed by atoms with Crippen LogP contribution in [0, 0.1) is 12.7 Å². The molecule has 2 amide bonds. The van der Waals surface area contributed by atoms with Crippen LogP contribution in [0.2, 0.25) is 0 Å². The Kier molecular flexibility index (Phi) is 4.86. The molecule has 0 unspecified atom stereocenters. The van der Waals surface area contributed by atoms with Gasteiger partial charge in [0.05, 0.1) is 5.56 Å². The van der Waals surface area contributed by atoms with Gasteiger partial charge in [0.1, 0.15) is 17.8 Å². The summed E-state index contributed by atoms with van der Waals surface area (Å²) >= 11 is 0. The first-order valence-electron chi connectivity index (χ1n) is 7.52. The molecule has 0 aliphatic rings. The Balaban J connectivity index is 1.70. The molecule has 2 N–H and O–H groups in total. The number of carbonyl (C=O) groups is 2. The van der Waals surface area contributed by atoms with Crippen molar-refractivity contribution in [2.75, 3.05) is 10.6 Å². The van der Waals surface area contributed by atoms with Gasteiger partial charge in [-0.3, -0.25) is 14.9 Å². The maximum absolute atomic E-state index is 13.3. The molecule has 146 valence electrons. The number of rotatable bonds is 4. The third-order valence-electron chi connectivity index (χ3n) is 3.35. The minimum Gasteiger partial charge on any atom is -0.431 e. The minimum atomic E-state index is -4.92. The smallest absolute Gasteiger partial charge is 0.419 e. The van der Waals surface area contributed by atoms with Crippen LogP contribution in [0.3, 0.4) is 0 Å². The maximum Gasteiger partial charge on any atom is 0.419 e. The topological polar surface area (TPSA) is 110 Å². The Morgan fingerprint density at radius 3 is 2.43 bits per heavy atom. The number of carbonyl (C=O) groups excluding carboxylic acids is 2.